The normalized spacial score (nSPS) is 11.4. The molecule has 0 radical (unpaired) electrons. The zero-order valence-electron chi connectivity index (χ0n) is 9.69. The Balaban J connectivity index is 2.57. The fourth-order valence-electron chi connectivity index (χ4n) is 1.42. The molecule has 1 aromatic rings. The number of halogens is 3. The van der Waals surface area contributed by atoms with E-state index in [2.05, 4.69) is 5.32 Å². The first-order valence-electron chi connectivity index (χ1n) is 5.22. The Morgan fingerprint density at radius 2 is 1.94 bits per heavy atom. The number of benzene rings is 1. The number of hydrogen-bond donors (Lipinski definition) is 1. The summed E-state index contributed by atoms with van der Waals surface area (Å²) in [6.45, 7) is 3.96. The van der Waals surface area contributed by atoms with Crippen molar-refractivity contribution >= 4 is 52.1 Å². The number of anilines is 1. The van der Waals surface area contributed by atoms with Crippen molar-refractivity contribution in [3.63, 3.8) is 0 Å². The van der Waals surface area contributed by atoms with E-state index in [9.17, 15) is 4.79 Å². The first-order valence-corrected chi connectivity index (χ1v) is 15.0. The molecule has 17 heavy (non-hydrogen) atoms. The van der Waals surface area contributed by atoms with Crippen molar-refractivity contribution in [2.45, 2.75) is 25.5 Å². The molecular weight excluding hydrogens is 341 g/mol. The maximum atomic E-state index is 11.6. The molecule has 0 bridgehead atoms. The quantitative estimate of drug-likeness (QED) is 0.803. The van der Waals surface area contributed by atoms with Crippen molar-refractivity contribution in [3.05, 3.63) is 29.3 Å². The van der Waals surface area contributed by atoms with Gasteiger partial charge in [-0.2, -0.15) is 0 Å². The molecule has 0 fully saturated rings. The Hall–Kier alpha value is 0.103. The van der Waals surface area contributed by atoms with E-state index in [1.807, 2.05) is 32.0 Å². The van der Waals surface area contributed by atoms with Crippen molar-refractivity contribution in [1.29, 1.82) is 0 Å². The third kappa shape index (κ3) is 6.00. The molecular formula is C11H14Cl3GeNO. The molecule has 1 N–H and O–H groups in total. The summed E-state index contributed by atoms with van der Waals surface area (Å²) in [6, 6.07) is 5.86. The SMILES string of the molecule is Cc1ccc(NC(=O)C[CH2][Ge]([Cl])([Cl])[Cl])c(C)c1. The number of carbonyl (C=O) groups is 1. The first kappa shape index (κ1) is 15.2. The van der Waals surface area contributed by atoms with Crippen molar-refractivity contribution in [2.75, 3.05) is 5.32 Å². The third-order valence-electron chi connectivity index (χ3n) is 2.29. The summed E-state index contributed by atoms with van der Waals surface area (Å²) in [5.41, 5.74) is 3.02. The second-order valence-corrected chi connectivity index (χ2v) is 20.7. The van der Waals surface area contributed by atoms with Gasteiger partial charge in [-0.3, -0.25) is 0 Å². The summed E-state index contributed by atoms with van der Waals surface area (Å²) in [5.74, 6) is -0.103. The minimum atomic E-state index is -3.17. The molecule has 0 aliphatic rings. The molecule has 1 aromatic carbocycles. The molecule has 0 aliphatic carbocycles. The molecule has 0 saturated heterocycles. The van der Waals surface area contributed by atoms with Crippen LogP contribution in [0.15, 0.2) is 18.2 Å². The van der Waals surface area contributed by atoms with Gasteiger partial charge in [0.05, 0.1) is 0 Å². The molecule has 1 rings (SSSR count). The summed E-state index contributed by atoms with van der Waals surface area (Å²) >= 11 is 0. The Bertz CT molecular complexity index is 418. The van der Waals surface area contributed by atoms with E-state index >= 15 is 0 Å². The fourth-order valence-corrected chi connectivity index (χ4v) is 3.97. The molecule has 0 unspecified atom stereocenters. The van der Waals surface area contributed by atoms with E-state index < -0.39 is 10.5 Å². The zero-order chi connectivity index (χ0) is 13.1. The second-order valence-electron chi connectivity index (χ2n) is 3.98. The first-order chi connectivity index (χ1) is 7.78. The average Bonchev–Trinajstić information content (AvgIpc) is 2.18. The van der Waals surface area contributed by atoms with Gasteiger partial charge in [0.2, 0.25) is 0 Å². The van der Waals surface area contributed by atoms with E-state index in [1.54, 1.807) is 0 Å². The predicted molar refractivity (Wildman–Crippen MR) is 77.3 cm³/mol. The van der Waals surface area contributed by atoms with Crippen molar-refractivity contribution in [3.8, 4) is 0 Å². The van der Waals surface area contributed by atoms with Gasteiger partial charge in [-0.25, -0.2) is 0 Å². The number of nitrogens with one attached hydrogen (secondary N) is 1. The minimum absolute atomic E-state index is 0.103. The van der Waals surface area contributed by atoms with Gasteiger partial charge in [-0.15, -0.1) is 0 Å². The van der Waals surface area contributed by atoms with Crippen LogP contribution in [-0.2, 0) is 4.79 Å². The van der Waals surface area contributed by atoms with Gasteiger partial charge in [0, 0.05) is 0 Å². The van der Waals surface area contributed by atoms with Crippen LogP contribution in [-0.4, -0.2) is 16.4 Å². The summed E-state index contributed by atoms with van der Waals surface area (Å²) < 4.78 is 0. The number of amides is 1. The van der Waals surface area contributed by atoms with Crippen LogP contribution in [0.2, 0.25) is 5.25 Å². The monoisotopic (exact) mass is 355 g/mol. The van der Waals surface area contributed by atoms with Crippen LogP contribution in [0.1, 0.15) is 17.5 Å². The topological polar surface area (TPSA) is 29.1 Å². The van der Waals surface area contributed by atoms with Gasteiger partial charge in [0.1, 0.15) is 0 Å². The molecule has 0 spiro atoms. The Kier molecular flexibility index (Phi) is 5.64. The van der Waals surface area contributed by atoms with E-state index in [-0.39, 0.29) is 12.3 Å². The van der Waals surface area contributed by atoms with Crippen LogP contribution >= 0.6 is 30.0 Å². The second kappa shape index (κ2) is 6.32. The van der Waals surface area contributed by atoms with Gasteiger partial charge in [0.15, 0.2) is 0 Å². The van der Waals surface area contributed by atoms with Crippen molar-refractivity contribution in [2.24, 2.45) is 0 Å². The standard InChI is InChI=1S/C11H14Cl3GeNO/c1-8-3-4-10(9(2)7-8)16-11(17)5-6-15(12,13)14/h3-4,7H,5-6H2,1-2H3,(H,16,17). The van der Waals surface area contributed by atoms with Gasteiger partial charge in [-0.05, 0) is 0 Å². The number of hydrogen-bond acceptors (Lipinski definition) is 1. The van der Waals surface area contributed by atoms with Crippen LogP contribution < -0.4 is 5.32 Å². The van der Waals surface area contributed by atoms with Gasteiger partial charge >= 0.3 is 117 Å². The van der Waals surface area contributed by atoms with E-state index in [4.69, 9.17) is 30.0 Å². The molecule has 2 nitrogen and oxygen atoms in total. The predicted octanol–water partition coefficient (Wildman–Crippen LogP) is 4.29. The van der Waals surface area contributed by atoms with Crippen LogP contribution in [0.4, 0.5) is 5.69 Å². The Morgan fingerprint density at radius 3 is 2.47 bits per heavy atom. The average molecular weight is 355 g/mol. The van der Waals surface area contributed by atoms with Crippen LogP contribution in [0.3, 0.4) is 0 Å². The van der Waals surface area contributed by atoms with E-state index in [0.29, 0.717) is 5.25 Å². The number of aryl methyl sites for hydroxylation is 2. The Morgan fingerprint density at radius 1 is 1.29 bits per heavy atom. The molecule has 0 saturated carbocycles. The van der Waals surface area contributed by atoms with Crippen LogP contribution in [0.5, 0.6) is 0 Å². The molecule has 0 aliphatic heterocycles. The number of carbonyl (C=O) groups excluding carboxylic acids is 1. The van der Waals surface area contributed by atoms with Gasteiger partial charge in [0.25, 0.3) is 0 Å². The summed E-state index contributed by atoms with van der Waals surface area (Å²) in [7, 11) is 14.1. The van der Waals surface area contributed by atoms with Crippen molar-refractivity contribution in [1.82, 2.24) is 0 Å². The maximum absolute atomic E-state index is 11.6. The Labute approximate surface area is 117 Å². The molecule has 0 heterocycles. The van der Waals surface area contributed by atoms with E-state index in [0.717, 1.165) is 16.8 Å². The fraction of sp³-hybridized carbons (Fsp3) is 0.364. The van der Waals surface area contributed by atoms with E-state index in [1.165, 1.54) is 0 Å². The zero-order valence-corrected chi connectivity index (χ0v) is 14.1. The molecule has 6 heteroatoms. The van der Waals surface area contributed by atoms with Crippen LogP contribution in [0, 0.1) is 13.8 Å². The summed E-state index contributed by atoms with van der Waals surface area (Å²) in [4.78, 5) is 11.6. The number of rotatable bonds is 4. The van der Waals surface area contributed by atoms with Crippen LogP contribution in [0.25, 0.3) is 0 Å². The molecule has 94 valence electrons. The summed E-state index contributed by atoms with van der Waals surface area (Å²) in [6.07, 6.45) is 0.268. The van der Waals surface area contributed by atoms with Gasteiger partial charge < -0.3 is 0 Å². The van der Waals surface area contributed by atoms with Gasteiger partial charge in [-0.1, -0.05) is 0 Å². The van der Waals surface area contributed by atoms with Crippen molar-refractivity contribution < 1.29 is 4.79 Å². The third-order valence-corrected chi connectivity index (χ3v) is 6.95. The molecule has 1 amide bonds. The summed E-state index contributed by atoms with van der Waals surface area (Å²) in [5, 5.41) is 3.22. The molecule has 0 aromatic heterocycles. The molecule has 0 atom stereocenters.